The molecular formula is C15H17ClO4. The average Bonchev–Trinajstić information content (AvgIpc) is 2.37. The summed E-state index contributed by atoms with van der Waals surface area (Å²) in [5.41, 5.74) is 0.738. The Morgan fingerprint density at radius 3 is 2.50 bits per heavy atom. The molecule has 0 N–H and O–H groups in total. The van der Waals surface area contributed by atoms with Gasteiger partial charge in [0, 0.05) is 17.2 Å². The number of hydrogen-bond acceptors (Lipinski definition) is 4. The molecule has 4 nitrogen and oxygen atoms in total. The van der Waals surface area contributed by atoms with Crippen LogP contribution in [-0.4, -0.2) is 18.5 Å². The third kappa shape index (κ3) is 5.89. The zero-order valence-corrected chi connectivity index (χ0v) is 12.4. The van der Waals surface area contributed by atoms with E-state index < -0.39 is 11.9 Å². The first kappa shape index (κ1) is 16.2. The van der Waals surface area contributed by atoms with Crippen molar-refractivity contribution in [1.29, 1.82) is 0 Å². The summed E-state index contributed by atoms with van der Waals surface area (Å²) < 4.78 is 9.98. The van der Waals surface area contributed by atoms with Gasteiger partial charge in [-0.15, -0.1) is 0 Å². The largest absolute Gasteiger partial charge is 0.462 e. The minimum Gasteiger partial charge on any atom is -0.462 e. The molecule has 0 spiro atoms. The quantitative estimate of drug-likeness (QED) is 0.475. The minimum atomic E-state index is -0.642. The molecule has 0 saturated heterocycles. The Morgan fingerprint density at radius 2 is 1.90 bits per heavy atom. The Labute approximate surface area is 123 Å². The number of ether oxygens (including phenoxy) is 2. The number of halogens is 1. The van der Waals surface area contributed by atoms with E-state index in [-0.39, 0.29) is 5.92 Å². The minimum absolute atomic E-state index is 0.246. The van der Waals surface area contributed by atoms with Gasteiger partial charge in [0.2, 0.25) is 0 Å². The summed E-state index contributed by atoms with van der Waals surface area (Å²) in [5, 5.41) is 0.565. The fourth-order valence-corrected chi connectivity index (χ4v) is 1.53. The maximum absolute atomic E-state index is 11.5. The van der Waals surface area contributed by atoms with Crippen molar-refractivity contribution in [2.75, 3.05) is 6.61 Å². The highest BCUT2D eigenvalue weighted by Gasteiger charge is 2.06. The average molecular weight is 297 g/mol. The molecule has 1 rings (SSSR count). The van der Waals surface area contributed by atoms with E-state index >= 15 is 0 Å². The van der Waals surface area contributed by atoms with Crippen LogP contribution in [0, 0.1) is 12.8 Å². The fraction of sp³-hybridized carbons (Fsp3) is 0.333. The molecule has 0 aliphatic heterocycles. The van der Waals surface area contributed by atoms with Crippen molar-refractivity contribution in [3.63, 3.8) is 0 Å². The first-order valence-corrected chi connectivity index (χ1v) is 6.59. The number of carbonyl (C=O) groups excluding carboxylic acids is 2. The first-order chi connectivity index (χ1) is 9.38. The molecule has 20 heavy (non-hydrogen) atoms. The third-order valence-electron chi connectivity index (χ3n) is 2.26. The van der Waals surface area contributed by atoms with Gasteiger partial charge in [-0.3, -0.25) is 0 Å². The Bertz CT molecular complexity index is 521. The van der Waals surface area contributed by atoms with Gasteiger partial charge in [0.15, 0.2) is 0 Å². The summed E-state index contributed by atoms with van der Waals surface area (Å²) in [4.78, 5) is 22.8. The molecule has 0 heterocycles. The molecule has 0 amide bonds. The third-order valence-corrected chi connectivity index (χ3v) is 2.50. The van der Waals surface area contributed by atoms with Crippen molar-refractivity contribution in [3.05, 3.63) is 40.9 Å². The SMILES string of the molecule is Cc1cc(Cl)ccc1OC(=O)/C=C/C(=O)OCC(C)C. The normalized spacial score (nSPS) is 10.8. The highest BCUT2D eigenvalue weighted by atomic mass is 35.5. The molecule has 0 aromatic heterocycles. The molecule has 0 atom stereocenters. The van der Waals surface area contributed by atoms with E-state index in [9.17, 15) is 9.59 Å². The maximum Gasteiger partial charge on any atom is 0.336 e. The van der Waals surface area contributed by atoms with Gasteiger partial charge in [0.05, 0.1) is 6.61 Å². The van der Waals surface area contributed by atoms with Crippen LogP contribution in [0.25, 0.3) is 0 Å². The number of carbonyl (C=O) groups is 2. The molecule has 1 aromatic carbocycles. The van der Waals surface area contributed by atoms with Crippen LogP contribution in [0.15, 0.2) is 30.4 Å². The summed E-state index contributed by atoms with van der Waals surface area (Å²) in [6.07, 6.45) is 2.09. The van der Waals surface area contributed by atoms with Crippen LogP contribution in [0.5, 0.6) is 5.75 Å². The smallest absolute Gasteiger partial charge is 0.336 e. The molecule has 0 aliphatic rings. The highest BCUT2D eigenvalue weighted by molar-refractivity contribution is 6.30. The number of benzene rings is 1. The molecule has 1 aromatic rings. The first-order valence-electron chi connectivity index (χ1n) is 6.21. The van der Waals surface area contributed by atoms with Gasteiger partial charge in [-0.1, -0.05) is 25.4 Å². The number of rotatable bonds is 5. The second-order valence-corrected chi connectivity index (χ2v) is 5.12. The summed E-state index contributed by atoms with van der Waals surface area (Å²) in [5.74, 6) is -0.559. The molecule has 0 radical (unpaired) electrons. The molecule has 0 aliphatic carbocycles. The summed E-state index contributed by atoms with van der Waals surface area (Å²) >= 11 is 5.80. The van der Waals surface area contributed by atoms with E-state index in [2.05, 4.69) is 0 Å². The van der Waals surface area contributed by atoms with E-state index in [0.717, 1.165) is 17.7 Å². The summed E-state index contributed by atoms with van der Waals surface area (Å²) in [6, 6.07) is 4.91. The number of hydrogen-bond donors (Lipinski definition) is 0. The van der Waals surface area contributed by atoms with Gasteiger partial charge in [0.1, 0.15) is 5.75 Å². The van der Waals surface area contributed by atoms with E-state index in [1.807, 2.05) is 13.8 Å². The molecule has 0 bridgehead atoms. The molecule has 108 valence electrons. The second-order valence-electron chi connectivity index (χ2n) is 4.69. The van der Waals surface area contributed by atoms with E-state index in [0.29, 0.717) is 17.4 Å². The van der Waals surface area contributed by atoms with Crippen molar-refractivity contribution in [2.45, 2.75) is 20.8 Å². The van der Waals surface area contributed by atoms with E-state index in [1.54, 1.807) is 25.1 Å². The lowest BCUT2D eigenvalue weighted by molar-refractivity contribution is -0.139. The van der Waals surface area contributed by atoms with Gasteiger partial charge >= 0.3 is 11.9 Å². The van der Waals surface area contributed by atoms with Crippen LogP contribution >= 0.6 is 11.6 Å². The van der Waals surface area contributed by atoms with Crippen molar-refractivity contribution in [3.8, 4) is 5.75 Å². The van der Waals surface area contributed by atoms with Gasteiger partial charge in [-0.25, -0.2) is 9.59 Å². The molecule has 0 fully saturated rings. The van der Waals surface area contributed by atoms with Gasteiger partial charge < -0.3 is 9.47 Å². The Kier molecular flexibility index (Phi) is 6.25. The Balaban J connectivity index is 2.53. The van der Waals surface area contributed by atoms with E-state index in [1.165, 1.54) is 0 Å². The Hall–Kier alpha value is -1.81. The maximum atomic E-state index is 11.5. The van der Waals surface area contributed by atoms with E-state index in [4.69, 9.17) is 21.1 Å². The van der Waals surface area contributed by atoms with Gasteiger partial charge in [-0.2, -0.15) is 0 Å². The Morgan fingerprint density at radius 1 is 1.25 bits per heavy atom. The number of aryl methyl sites for hydroxylation is 1. The van der Waals surface area contributed by atoms with Crippen LogP contribution in [0.4, 0.5) is 0 Å². The molecule has 0 saturated carbocycles. The van der Waals surface area contributed by atoms with Crippen LogP contribution in [-0.2, 0) is 14.3 Å². The summed E-state index contributed by atoms with van der Waals surface area (Å²) in [6.45, 7) is 5.94. The van der Waals surface area contributed by atoms with Crippen LogP contribution in [0.2, 0.25) is 5.02 Å². The monoisotopic (exact) mass is 296 g/mol. The lowest BCUT2D eigenvalue weighted by Gasteiger charge is -2.05. The van der Waals surface area contributed by atoms with Crippen LogP contribution in [0.3, 0.4) is 0 Å². The second kappa shape index (κ2) is 7.70. The summed E-state index contributed by atoms with van der Waals surface area (Å²) in [7, 11) is 0. The lowest BCUT2D eigenvalue weighted by Crippen LogP contribution is -2.09. The van der Waals surface area contributed by atoms with Crippen LogP contribution < -0.4 is 4.74 Å². The van der Waals surface area contributed by atoms with Crippen molar-refractivity contribution in [2.24, 2.45) is 5.92 Å². The highest BCUT2D eigenvalue weighted by Crippen LogP contribution is 2.21. The van der Waals surface area contributed by atoms with Crippen molar-refractivity contribution in [1.82, 2.24) is 0 Å². The lowest BCUT2D eigenvalue weighted by atomic mass is 10.2. The topological polar surface area (TPSA) is 52.6 Å². The van der Waals surface area contributed by atoms with Gasteiger partial charge in [0.25, 0.3) is 0 Å². The zero-order chi connectivity index (χ0) is 15.1. The molecule has 0 unspecified atom stereocenters. The fourth-order valence-electron chi connectivity index (χ4n) is 1.30. The van der Waals surface area contributed by atoms with Gasteiger partial charge in [-0.05, 0) is 36.6 Å². The van der Waals surface area contributed by atoms with Crippen molar-refractivity contribution >= 4 is 23.5 Å². The zero-order valence-electron chi connectivity index (χ0n) is 11.7. The molecular weight excluding hydrogens is 280 g/mol. The van der Waals surface area contributed by atoms with Crippen molar-refractivity contribution < 1.29 is 19.1 Å². The predicted molar refractivity (Wildman–Crippen MR) is 76.8 cm³/mol. The molecule has 5 heteroatoms. The van der Waals surface area contributed by atoms with Crippen LogP contribution in [0.1, 0.15) is 19.4 Å². The number of esters is 2. The predicted octanol–water partition coefficient (Wildman–Crippen LogP) is 3.31. The standard InChI is InChI=1S/C15H17ClO4/c1-10(2)9-19-14(17)6-7-15(18)20-13-5-4-12(16)8-11(13)3/h4-8,10H,9H2,1-3H3/b7-6+.